The Morgan fingerprint density at radius 1 is 1.08 bits per heavy atom. The first-order chi connectivity index (χ1) is 11.4. The highest BCUT2D eigenvalue weighted by Gasteiger charge is 2.59. The van der Waals surface area contributed by atoms with Gasteiger partial charge in [0.15, 0.2) is 0 Å². The zero-order chi connectivity index (χ0) is 17.1. The van der Waals surface area contributed by atoms with E-state index in [2.05, 4.69) is 20.8 Å². The van der Waals surface area contributed by atoms with E-state index in [1.165, 1.54) is 57.1 Å². The molecule has 0 unspecified atom stereocenters. The van der Waals surface area contributed by atoms with Gasteiger partial charge in [-0.2, -0.15) is 0 Å². The van der Waals surface area contributed by atoms with Crippen molar-refractivity contribution in [1.29, 1.82) is 0 Å². The third-order valence-electron chi connectivity index (χ3n) is 9.25. The molecule has 7 atom stereocenters. The van der Waals surface area contributed by atoms with Crippen LogP contribution in [-0.2, 0) is 0 Å². The van der Waals surface area contributed by atoms with Crippen LogP contribution < -0.4 is 5.73 Å². The van der Waals surface area contributed by atoms with E-state index in [9.17, 15) is 5.11 Å². The number of aliphatic hydroxyl groups excluding tert-OH is 1. The fourth-order valence-corrected chi connectivity index (χ4v) is 8.06. The van der Waals surface area contributed by atoms with Crippen LogP contribution in [0.3, 0.4) is 0 Å². The second-order valence-corrected chi connectivity index (χ2v) is 10.1. The molecular formula is C22H37NO. The molecule has 0 aromatic rings. The van der Waals surface area contributed by atoms with E-state index in [0.29, 0.717) is 23.4 Å². The van der Waals surface area contributed by atoms with Gasteiger partial charge in [-0.1, -0.05) is 20.8 Å². The minimum absolute atomic E-state index is 0.363. The maximum atomic E-state index is 9.74. The molecule has 4 aliphatic rings. The molecule has 3 N–H and O–H groups in total. The monoisotopic (exact) mass is 331 g/mol. The third kappa shape index (κ3) is 2.17. The van der Waals surface area contributed by atoms with Gasteiger partial charge in [-0.05, 0) is 104 Å². The first-order valence-electron chi connectivity index (χ1n) is 10.5. The summed E-state index contributed by atoms with van der Waals surface area (Å²) in [5, 5.41) is 9.74. The molecule has 0 aliphatic heterocycles. The minimum Gasteiger partial charge on any atom is -0.402 e. The van der Waals surface area contributed by atoms with Crippen molar-refractivity contribution >= 4 is 0 Å². The Hall–Kier alpha value is -0.500. The Morgan fingerprint density at radius 2 is 1.88 bits per heavy atom. The number of rotatable bonds is 2. The van der Waals surface area contributed by atoms with Gasteiger partial charge in [0.25, 0.3) is 0 Å². The molecular weight excluding hydrogens is 294 g/mol. The summed E-state index contributed by atoms with van der Waals surface area (Å²) in [6.45, 7) is 7.76. The quantitative estimate of drug-likeness (QED) is 0.758. The van der Waals surface area contributed by atoms with Gasteiger partial charge in [0.2, 0.25) is 0 Å². The second-order valence-electron chi connectivity index (χ2n) is 10.1. The van der Waals surface area contributed by atoms with Gasteiger partial charge in [-0.3, -0.25) is 0 Å². The molecule has 3 saturated carbocycles. The zero-order valence-electron chi connectivity index (χ0n) is 16.0. The lowest BCUT2D eigenvalue weighted by Gasteiger charge is -2.59. The Morgan fingerprint density at radius 3 is 2.62 bits per heavy atom. The predicted molar refractivity (Wildman–Crippen MR) is 99.2 cm³/mol. The van der Waals surface area contributed by atoms with Crippen LogP contribution in [-0.4, -0.2) is 11.7 Å². The summed E-state index contributed by atoms with van der Waals surface area (Å²) in [6, 6.07) is 0. The van der Waals surface area contributed by atoms with E-state index in [4.69, 9.17) is 5.73 Å². The molecule has 2 heteroatoms. The molecule has 2 nitrogen and oxygen atoms in total. The lowest BCUT2D eigenvalue weighted by atomic mass is 9.46. The molecule has 4 rings (SSSR count). The molecule has 0 radical (unpaired) electrons. The molecule has 0 aromatic heterocycles. The van der Waals surface area contributed by atoms with Crippen molar-refractivity contribution in [3.05, 3.63) is 11.3 Å². The Bertz CT molecular complexity index is 540. The average Bonchev–Trinajstić information content (AvgIpc) is 2.91. The van der Waals surface area contributed by atoms with E-state index >= 15 is 0 Å². The van der Waals surface area contributed by atoms with Crippen LogP contribution in [0.1, 0.15) is 78.6 Å². The lowest BCUT2D eigenvalue weighted by molar-refractivity contribution is -0.0625. The van der Waals surface area contributed by atoms with Crippen LogP contribution in [0.5, 0.6) is 0 Å². The molecule has 4 aliphatic carbocycles. The van der Waals surface area contributed by atoms with Crippen LogP contribution in [0.4, 0.5) is 0 Å². The molecule has 0 spiro atoms. The number of hydrogen-bond acceptors (Lipinski definition) is 2. The van der Waals surface area contributed by atoms with Crippen LogP contribution in [0, 0.1) is 40.4 Å². The van der Waals surface area contributed by atoms with Crippen LogP contribution in [0.2, 0.25) is 0 Å². The summed E-state index contributed by atoms with van der Waals surface area (Å²) in [5.74, 6) is 3.85. The van der Waals surface area contributed by atoms with Gasteiger partial charge in [0.1, 0.15) is 0 Å². The number of allylic oxidation sites excluding steroid dienone is 2. The topological polar surface area (TPSA) is 46.2 Å². The highest BCUT2D eigenvalue weighted by Crippen LogP contribution is 2.67. The largest absolute Gasteiger partial charge is 0.402 e. The molecule has 0 saturated heterocycles. The zero-order valence-corrected chi connectivity index (χ0v) is 16.0. The van der Waals surface area contributed by atoms with Crippen molar-refractivity contribution in [2.75, 3.05) is 6.61 Å². The molecule has 24 heavy (non-hydrogen) atoms. The van der Waals surface area contributed by atoms with Gasteiger partial charge >= 0.3 is 0 Å². The van der Waals surface area contributed by atoms with E-state index < -0.39 is 0 Å². The van der Waals surface area contributed by atoms with Gasteiger partial charge in [0.05, 0.1) is 0 Å². The average molecular weight is 332 g/mol. The number of hydrogen-bond donors (Lipinski definition) is 2. The lowest BCUT2D eigenvalue weighted by Crippen LogP contribution is -2.51. The molecule has 0 amide bonds. The van der Waals surface area contributed by atoms with Gasteiger partial charge < -0.3 is 10.8 Å². The van der Waals surface area contributed by atoms with Crippen LogP contribution in [0.15, 0.2) is 11.3 Å². The maximum Gasteiger partial charge on any atom is 0.0459 e. The molecule has 136 valence electrons. The molecule has 0 aromatic carbocycles. The van der Waals surface area contributed by atoms with Crippen molar-refractivity contribution in [3.8, 4) is 0 Å². The smallest absolute Gasteiger partial charge is 0.0459 e. The van der Waals surface area contributed by atoms with Crippen molar-refractivity contribution in [3.63, 3.8) is 0 Å². The van der Waals surface area contributed by atoms with E-state index in [1.807, 2.05) is 0 Å². The first-order valence-corrected chi connectivity index (χ1v) is 10.5. The van der Waals surface area contributed by atoms with Gasteiger partial charge in [-0.15, -0.1) is 0 Å². The molecule has 0 heterocycles. The van der Waals surface area contributed by atoms with Crippen molar-refractivity contribution in [2.45, 2.75) is 78.6 Å². The fourth-order valence-electron chi connectivity index (χ4n) is 8.06. The van der Waals surface area contributed by atoms with Gasteiger partial charge in [0, 0.05) is 12.3 Å². The highest BCUT2D eigenvalue weighted by molar-refractivity contribution is 5.28. The number of nitrogens with two attached hydrogens (primary N) is 1. The minimum atomic E-state index is 0.363. The third-order valence-corrected chi connectivity index (χ3v) is 9.25. The Balaban J connectivity index is 1.65. The Labute approximate surface area is 148 Å². The summed E-state index contributed by atoms with van der Waals surface area (Å²) in [4.78, 5) is 0. The van der Waals surface area contributed by atoms with E-state index in [1.54, 1.807) is 5.57 Å². The fraction of sp³-hybridized carbons (Fsp3) is 0.909. The van der Waals surface area contributed by atoms with Crippen molar-refractivity contribution in [1.82, 2.24) is 0 Å². The van der Waals surface area contributed by atoms with E-state index in [-0.39, 0.29) is 0 Å². The van der Waals surface area contributed by atoms with Crippen molar-refractivity contribution in [2.24, 2.45) is 46.2 Å². The number of fused-ring (bicyclic) bond motifs is 5. The summed E-state index contributed by atoms with van der Waals surface area (Å²) in [6.07, 6.45) is 11.9. The Kier molecular flexibility index (Phi) is 4.06. The SMILES string of the molecule is C[C@H](CO)[C@H]1CC[C@H]2[C@@H]3CCC4=C(N)CCC[C@]4(C)[C@H]3CC[C@]12C. The summed E-state index contributed by atoms with van der Waals surface area (Å²) >= 11 is 0. The second kappa shape index (κ2) is 5.76. The maximum absolute atomic E-state index is 9.74. The van der Waals surface area contributed by atoms with Crippen LogP contribution in [0.25, 0.3) is 0 Å². The first kappa shape index (κ1) is 16.9. The summed E-state index contributed by atoms with van der Waals surface area (Å²) in [5.41, 5.74) is 10.2. The molecule has 0 bridgehead atoms. The predicted octanol–water partition coefficient (Wildman–Crippen LogP) is 4.87. The molecule has 3 fully saturated rings. The summed E-state index contributed by atoms with van der Waals surface area (Å²) in [7, 11) is 0. The normalized spacial score (nSPS) is 49.3. The van der Waals surface area contributed by atoms with E-state index in [0.717, 1.165) is 30.1 Å². The summed E-state index contributed by atoms with van der Waals surface area (Å²) < 4.78 is 0. The number of aliphatic hydroxyl groups is 1. The highest BCUT2D eigenvalue weighted by atomic mass is 16.3. The van der Waals surface area contributed by atoms with Crippen LogP contribution >= 0.6 is 0 Å². The van der Waals surface area contributed by atoms with Gasteiger partial charge in [-0.25, -0.2) is 0 Å². The van der Waals surface area contributed by atoms with Crippen molar-refractivity contribution < 1.29 is 5.11 Å². The standard InChI is InChI=1S/C22H37NO/c1-14(13-24)16-8-9-17-15-6-7-19-20(23)5-4-11-21(19,2)18(15)10-12-22(16,17)3/h14-18,24H,4-13,23H2,1-3H3/t14-,15+,16-,17+,18+,21-,22-/m1/s1.